The van der Waals surface area contributed by atoms with E-state index in [1.54, 1.807) is 4.90 Å². The van der Waals surface area contributed by atoms with Crippen molar-refractivity contribution in [1.82, 2.24) is 4.90 Å². The number of carbonyl (C=O) groups is 1. The Morgan fingerprint density at radius 1 is 1.00 bits per heavy atom. The number of hydrogen-bond acceptors (Lipinski definition) is 1. The van der Waals surface area contributed by atoms with Gasteiger partial charge in [-0.05, 0) is 42.2 Å². The van der Waals surface area contributed by atoms with Crippen molar-refractivity contribution in [2.75, 3.05) is 0 Å². The van der Waals surface area contributed by atoms with Crippen LogP contribution in [0.4, 0.5) is 4.79 Å². The van der Waals surface area contributed by atoms with Gasteiger partial charge in [-0.1, -0.05) is 60.7 Å². The normalized spacial score (nSPS) is 24.0. The molecule has 0 bridgehead atoms. The zero-order valence-electron chi connectivity index (χ0n) is 13.8. The Morgan fingerprint density at radius 2 is 1.62 bits per heavy atom. The minimum atomic E-state index is -0.803. The number of rotatable bonds is 4. The number of benzene rings is 2. The summed E-state index contributed by atoms with van der Waals surface area (Å²) in [6.07, 6.45) is 3.84. The van der Waals surface area contributed by atoms with Crippen molar-refractivity contribution in [3.63, 3.8) is 0 Å². The summed E-state index contributed by atoms with van der Waals surface area (Å²) in [5.74, 6) is 0.313. The van der Waals surface area contributed by atoms with E-state index >= 15 is 0 Å². The Balaban J connectivity index is 1.63. The molecule has 1 amide bonds. The van der Waals surface area contributed by atoms with Crippen LogP contribution < -0.4 is 0 Å². The molecule has 2 aromatic rings. The molecule has 124 valence electrons. The summed E-state index contributed by atoms with van der Waals surface area (Å²) in [5.41, 5.74) is 2.74. The Labute approximate surface area is 142 Å². The third-order valence-corrected chi connectivity index (χ3v) is 5.79. The molecule has 0 radical (unpaired) electrons. The Bertz CT molecular complexity index is 709. The maximum atomic E-state index is 12.0. The summed E-state index contributed by atoms with van der Waals surface area (Å²) < 4.78 is 0. The lowest BCUT2D eigenvalue weighted by molar-refractivity contribution is 0.115. The van der Waals surface area contributed by atoms with Crippen molar-refractivity contribution in [2.24, 2.45) is 5.41 Å². The molecule has 0 saturated heterocycles. The number of carboxylic acid groups (broad SMARTS) is 1. The minimum Gasteiger partial charge on any atom is -0.465 e. The summed E-state index contributed by atoms with van der Waals surface area (Å²) in [5, 5.41) is 9.88. The molecule has 2 fully saturated rings. The van der Waals surface area contributed by atoms with Crippen molar-refractivity contribution in [3.05, 3.63) is 71.8 Å². The molecule has 0 unspecified atom stereocenters. The molecule has 24 heavy (non-hydrogen) atoms. The predicted octanol–water partition coefficient (Wildman–Crippen LogP) is 4.89. The molecular weight excluding hydrogens is 298 g/mol. The molecule has 2 aliphatic rings. The maximum absolute atomic E-state index is 12.0. The second-order valence-corrected chi connectivity index (χ2v) is 7.39. The summed E-state index contributed by atoms with van der Waals surface area (Å²) in [6.45, 7) is 0.472. The molecule has 1 N–H and O–H groups in total. The van der Waals surface area contributed by atoms with E-state index in [4.69, 9.17) is 0 Å². The lowest BCUT2D eigenvalue weighted by atomic mass is 9.92. The fourth-order valence-corrected chi connectivity index (χ4v) is 4.33. The summed E-state index contributed by atoms with van der Waals surface area (Å²) in [6, 6.07) is 20.5. The second kappa shape index (κ2) is 5.97. The van der Waals surface area contributed by atoms with Gasteiger partial charge in [0, 0.05) is 18.5 Å². The second-order valence-electron chi connectivity index (χ2n) is 7.39. The molecule has 2 atom stereocenters. The first-order valence-electron chi connectivity index (χ1n) is 8.75. The summed E-state index contributed by atoms with van der Waals surface area (Å²) in [7, 11) is 0. The van der Waals surface area contributed by atoms with E-state index in [1.807, 2.05) is 36.4 Å². The van der Waals surface area contributed by atoms with Gasteiger partial charge in [0.05, 0.1) is 0 Å². The topological polar surface area (TPSA) is 40.5 Å². The standard InChI is InChI=1S/C21H23NO2/c23-20(24)22(15-16-7-3-1-4-8-16)19-14-21(11-12-21)13-18(19)17-9-5-2-6-10-17/h1-10,18-19H,11-15H2,(H,23,24)/t18-,19+/m1/s1. The summed E-state index contributed by atoms with van der Waals surface area (Å²) in [4.78, 5) is 13.7. The largest absolute Gasteiger partial charge is 0.465 e. The van der Waals surface area contributed by atoms with Crippen LogP contribution in [0, 0.1) is 5.41 Å². The van der Waals surface area contributed by atoms with E-state index < -0.39 is 6.09 Å². The molecular formula is C21H23NO2. The van der Waals surface area contributed by atoms with Gasteiger partial charge >= 0.3 is 6.09 Å². The van der Waals surface area contributed by atoms with Gasteiger partial charge in [-0.25, -0.2) is 4.79 Å². The quantitative estimate of drug-likeness (QED) is 0.870. The lowest BCUT2D eigenvalue weighted by Crippen LogP contribution is -2.40. The highest BCUT2D eigenvalue weighted by Gasteiger charge is 2.55. The van der Waals surface area contributed by atoms with E-state index in [0.29, 0.717) is 17.9 Å². The first-order chi connectivity index (χ1) is 11.7. The van der Waals surface area contributed by atoms with Crippen LogP contribution in [-0.2, 0) is 6.54 Å². The number of hydrogen-bond donors (Lipinski definition) is 1. The van der Waals surface area contributed by atoms with Gasteiger partial charge in [-0.15, -0.1) is 0 Å². The number of nitrogens with zero attached hydrogens (tertiary/aromatic N) is 1. The van der Waals surface area contributed by atoms with Crippen molar-refractivity contribution in [1.29, 1.82) is 0 Å². The molecule has 1 spiro atoms. The monoisotopic (exact) mass is 321 g/mol. The highest BCUT2D eigenvalue weighted by molar-refractivity contribution is 5.66. The third kappa shape index (κ3) is 2.91. The van der Waals surface area contributed by atoms with Crippen LogP contribution in [0.1, 0.15) is 42.7 Å². The zero-order valence-corrected chi connectivity index (χ0v) is 13.8. The van der Waals surface area contributed by atoms with Gasteiger partial charge in [0.1, 0.15) is 0 Å². The van der Waals surface area contributed by atoms with E-state index in [1.165, 1.54) is 18.4 Å². The highest BCUT2D eigenvalue weighted by Crippen LogP contribution is 2.62. The molecule has 2 aliphatic carbocycles. The third-order valence-electron chi connectivity index (χ3n) is 5.79. The van der Waals surface area contributed by atoms with Crippen LogP contribution in [0.5, 0.6) is 0 Å². The summed E-state index contributed by atoms with van der Waals surface area (Å²) >= 11 is 0. The van der Waals surface area contributed by atoms with Gasteiger partial charge in [-0.3, -0.25) is 0 Å². The SMILES string of the molecule is O=C(O)N(Cc1ccccc1)[C@H]1CC2(CC2)C[C@@H]1c1ccccc1. The lowest BCUT2D eigenvalue weighted by Gasteiger charge is -2.31. The van der Waals surface area contributed by atoms with Gasteiger partial charge in [0.15, 0.2) is 0 Å². The van der Waals surface area contributed by atoms with Gasteiger partial charge in [0.25, 0.3) is 0 Å². The molecule has 3 nitrogen and oxygen atoms in total. The molecule has 2 aromatic carbocycles. The van der Waals surface area contributed by atoms with Crippen molar-refractivity contribution in [2.45, 2.75) is 44.2 Å². The maximum Gasteiger partial charge on any atom is 0.407 e. The zero-order chi connectivity index (χ0) is 16.6. The minimum absolute atomic E-state index is 0.0765. The van der Waals surface area contributed by atoms with Gasteiger partial charge in [0.2, 0.25) is 0 Å². The smallest absolute Gasteiger partial charge is 0.407 e. The molecule has 4 rings (SSSR count). The van der Waals surface area contributed by atoms with Gasteiger partial charge in [-0.2, -0.15) is 0 Å². The number of amides is 1. The molecule has 0 heterocycles. The van der Waals surface area contributed by atoms with Crippen molar-refractivity contribution >= 4 is 6.09 Å². The van der Waals surface area contributed by atoms with E-state index in [-0.39, 0.29) is 6.04 Å². The average Bonchev–Trinajstić information content (AvgIpc) is 3.25. The van der Waals surface area contributed by atoms with E-state index in [2.05, 4.69) is 24.3 Å². The molecule has 0 aromatic heterocycles. The average molecular weight is 321 g/mol. The van der Waals surface area contributed by atoms with E-state index in [0.717, 1.165) is 18.4 Å². The Hall–Kier alpha value is -2.29. The van der Waals surface area contributed by atoms with Crippen LogP contribution in [0.2, 0.25) is 0 Å². The highest BCUT2D eigenvalue weighted by atomic mass is 16.4. The van der Waals surface area contributed by atoms with Crippen LogP contribution in [0.15, 0.2) is 60.7 Å². The van der Waals surface area contributed by atoms with E-state index in [9.17, 15) is 9.90 Å². The first kappa shape index (κ1) is 15.3. The van der Waals surface area contributed by atoms with Crippen LogP contribution in [-0.4, -0.2) is 22.1 Å². The van der Waals surface area contributed by atoms with Crippen molar-refractivity contribution in [3.8, 4) is 0 Å². The Morgan fingerprint density at radius 3 is 2.21 bits per heavy atom. The van der Waals surface area contributed by atoms with Crippen LogP contribution in [0.3, 0.4) is 0 Å². The van der Waals surface area contributed by atoms with Crippen molar-refractivity contribution < 1.29 is 9.90 Å². The fraction of sp³-hybridized carbons (Fsp3) is 0.381. The molecule has 3 heteroatoms. The van der Waals surface area contributed by atoms with Crippen LogP contribution in [0.25, 0.3) is 0 Å². The molecule has 2 saturated carbocycles. The van der Waals surface area contributed by atoms with Crippen LogP contribution >= 0.6 is 0 Å². The predicted molar refractivity (Wildman–Crippen MR) is 93.9 cm³/mol. The fourth-order valence-electron chi connectivity index (χ4n) is 4.33. The molecule has 0 aliphatic heterocycles. The first-order valence-corrected chi connectivity index (χ1v) is 8.75. The van der Waals surface area contributed by atoms with Gasteiger partial charge < -0.3 is 10.0 Å². The Kier molecular flexibility index (Phi) is 3.79.